The second-order valence-corrected chi connectivity index (χ2v) is 9.32. The minimum Gasteiger partial charge on any atom is -0.444 e. The van der Waals surface area contributed by atoms with Gasteiger partial charge in [0.1, 0.15) is 17.2 Å². The lowest BCUT2D eigenvalue weighted by atomic mass is 10.00. The Labute approximate surface area is 190 Å². The monoisotopic (exact) mass is 455 g/mol. The van der Waals surface area contributed by atoms with Crippen molar-refractivity contribution in [1.82, 2.24) is 15.2 Å². The summed E-state index contributed by atoms with van der Waals surface area (Å²) in [7, 11) is 0. The molecule has 33 heavy (non-hydrogen) atoms. The molecule has 174 valence electrons. The fraction of sp³-hybridized carbons (Fsp3) is 0.360. The third-order valence-electron chi connectivity index (χ3n) is 5.55. The van der Waals surface area contributed by atoms with Crippen LogP contribution in [0.3, 0.4) is 0 Å². The van der Waals surface area contributed by atoms with E-state index in [1.165, 1.54) is 24.3 Å². The first-order chi connectivity index (χ1) is 15.6. The maximum absolute atomic E-state index is 13.9. The van der Waals surface area contributed by atoms with Gasteiger partial charge in [-0.3, -0.25) is 4.79 Å². The fourth-order valence-corrected chi connectivity index (χ4v) is 3.98. The second kappa shape index (κ2) is 8.84. The van der Waals surface area contributed by atoms with Crippen LogP contribution < -0.4 is 5.32 Å². The standard InChI is InChI=1S/C25H27F2N3O3/c1-25(2,3)33-24(32)28-18-13-30(14-18)22(31)11-9-19-20-12-17(27)8-10-21(20)29-23(19)15-4-6-16(26)7-5-15/h4-8,10,12,18,29H,9,11,13-14H2,1-3H3,(H,28,32). The van der Waals surface area contributed by atoms with E-state index >= 15 is 0 Å². The summed E-state index contributed by atoms with van der Waals surface area (Å²) in [6, 6.07) is 10.4. The third-order valence-corrected chi connectivity index (χ3v) is 5.55. The highest BCUT2D eigenvalue weighted by Crippen LogP contribution is 2.32. The zero-order valence-corrected chi connectivity index (χ0v) is 18.9. The molecular weight excluding hydrogens is 428 g/mol. The number of aryl methyl sites for hydroxylation is 1. The number of aromatic nitrogens is 1. The predicted octanol–water partition coefficient (Wildman–Crippen LogP) is 4.78. The number of carbonyl (C=O) groups excluding carboxylic acids is 2. The molecule has 3 aromatic rings. The second-order valence-electron chi connectivity index (χ2n) is 9.32. The average Bonchev–Trinajstić information content (AvgIpc) is 3.05. The van der Waals surface area contributed by atoms with E-state index in [9.17, 15) is 18.4 Å². The van der Waals surface area contributed by atoms with Gasteiger partial charge in [-0.15, -0.1) is 0 Å². The van der Waals surface area contributed by atoms with Crippen molar-refractivity contribution in [3.05, 3.63) is 59.7 Å². The fourth-order valence-electron chi connectivity index (χ4n) is 3.98. The Morgan fingerprint density at radius 2 is 1.76 bits per heavy atom. The first-order valence-corrected chi connectivity index (χ1v) is 10.9. The molecule has 0 radical (unpaired) electrons. The first kappa shape index (κ1) is 22.8. The van der Waals surface area contributed by atoms with Gasteiger partial charge in [0.25, 0.3) is 0 Å². The van der Waals surface area contributed by atoms with E-state index in [0.29, 0.717) is 24.9 Å². The van der Waals surface area contributed by atoms with Crippen LogP contribution in [-0.2, 0) is 16.0 Å². The predicted molar refractivity (Wildman–Crippen MR) is 122 cm³/mol. The molecule has 1 saturated heterocycles. The van der Waals surface area contributed by atoms with Crippen LogP contribution in [0.4, 0.5) is 13.6 Å². The maximum atomic E-state index is 13.9. The quantitative estimate of drug-likeness (QED) is 0.581. The lowest BCUT2D eigenvalue weighted by molar-refractivity contribution is -0.136. The highest BCUT2D eigenvalue weighted by Gasteiger charge is 2.32. The van der Waals surface area contributed by atoms with E-state index in [4.69, 9.17) is 4.74 Å². The van der Waals surface area contributed by atoms with Crippen molar-refractivity contribution >= 4 is 22.9 Å². The van der Waals surface area contributed by atoms with Gasteiger partial charge < -0.3 is 19.9 Å². The minimum absolute atomic E-state index is 0.0481. The molecule has 4 rings (SSSR count). The Bertz CT molecular complexity index is 1180. The summed E-state index contributed by atoms with van der Waals surface area (Å²) >= 11 is 0. The van der Waals surface area contributed by atoms with Crippen LogP contribution in [0.1, 0.15) is 32.8 Å². The van der Waals surface area contributed by atoms with Crippen LogP contribution in [-0.4, -0.2) is 46.6 Å². The van der Waals surface area contributed by atoms with E-state index < -0.39 is 11.7 Å². The van der Waals surface area contributed by atoms with Crippen LogP contribution in [0.15, 0.2) is 42.5 Å². The largest absolute Gasteiger partial charge is 0.444 e. The number of ether oxygens (including phenoxy) is 1. The van der Waals surface area contributed by atoms with Crippen molar-refractivity contribution in [2.75, 3.05) is 13.1 Å². The molecule has 2 aromatic carbocycles. The van der Waals surface area contributed by atoms with E-state index in [-0.39, 0.29) is 30.0 Å². The smallest absolute Gasteiger partial charge is 0.407 e. The number of nitrogens with one attached hydrogen (secondary N) is 2. The molecule has 0 spiro atoms. The molecular formula is C25H27F2N3O3. The molecule has 0 bridgehead atoms. The topological polar surface area (TPSA) is 74.4 Å². The number of likely N-dealkylation sites (tertiary alicyclic amines) is 1. The molecule has 1 fully saturated rings. The van der Waals surface area contributed by atoms with E-state index in [0.717, 1.165) is 22.3 Å². The number of rotatable bonds is 5. The molecule has 0 unspecified atom stereocenters. The van der Waals surface area contributed by atoms with Crippen molar-refractivity contribution in [1.29, 1.82) is 0 Å². The van der Waals surface area contributed by atoms with Crippen molar-refractivity contribution in [2.45, 2.75) is 45.3 Å². The number of benzene rings is 2. The molecule has 0 saturated carbocycles. The van der Waals surface area contributed by atoms with E-state index in [1.54, 1.807) is 43.9 Å². The number of fused-ring (bicyclic) bond motifs is 1. The van der Waals surface area contributed by atoms with Gasteiger partial charge in [0.15, 0.2) is 0 Å². The van der Waals surface area contributed by atoms with E-state index in [1.807, 2.05) is 0 Å². The number of hydrogen-bond acceptors (Lipinski definition) is 3. The molecule has 1 aromatic heterocycles. The van der Waals surface area contributed by atoms with E-state index in [2.05, 4.69) is 10.3 Å². The molecule has 8 heteroatoms. The van der Waals surface area contributed by atoms with Gasteiger partial charge in [0.2, 0.25) is 5.91 Å². The molecule has 6 nitrogen and oxygen atoms in total. The zero-order valence-electron chi connectivity index (χ0n) is 18.9. The Morgan fingerprint density at radius 1 is 1.09 bits per heavy atom. The Morgan fingerprint density at radius 3 is 2.42 bits per heavy atom. The number of carbonyl (C=O) groups is 2. The van der Waals surface area contributed by atoms with Gasteiger partial charge >= 0.3 is 6.09 Å². The summed E-state index contributed by atoms with van der Waals surface area (Å²) in [5.41, 5.74) is 2.50. The van der Waals surface area contributed by atoms with Gasteiger partial charge in [-0.25, -0.2) is 13.6 Å². The number of nitrogens with zero attached hydrogens (tertiary/aromatic N) is 1. The number of amides is 2. The molecule has 1 aliphatic rings. The molecule has 2 N–H and O–H groups in total. The van der Waals surface area contributed by atoms with Crippen molar-refractivity contribution in [2.24, 2.45) is 0 Å². The van der Waals surface area contributed by atoms with Crippen molar-refractivity contribution in [3.8, 4) is 11.3 Å². The van der Waals surface area contributed by atoms with Gasteiger partial charge in [-0.1, -0.05) is 0 Å². The van der Waals surface area contributed by atoms with Crippen LogP contribution in [0.25, 0.3) is 22.2 Å². The molecule has 0 aliphatic carbocycles. The highest BCUT2D eigenvalue weighted by molar-refractivity contribution is 5.91. The average molecular weight is 456 g/mol. The van der Waals surface area contributed by atoms with Crippen molar-refractivity contribution < 1.29 is 23.1 Å². The number of alkyl carbamates (subject to hydrolysis) is 1. The zero-order chi connectivity index (χ0) is 23.8. The van der Waals surface area contributed by atoms with Gasteiger partial charge in [-0.2, -0.15) is 0 Å². The summed E-state index contributed by atoms with van der Waals surface area (Å²) in [6.07, 6.45) is 0.135. The lowest BCUT2D eigenvalue weighted by Crippen LogP contribution is -2.61. The summed E-state index contributed by atoms with van der Waals surface area (Å²) in [6.45, 7) is 6.22. The highest BCUT2D eigenvalue weighted by atomic mass is 19.1. The first-order valence-electron chi connectivity index (χ1n) is 10.9. The molecule has 2 amide bonds. The third kappa shape index (κ3) is 5.32. The summed E-state index contributed by atoms with van der Waals surface area (Å²) in [5.74, 6) is -0.753. The van der Waals surface area contributed by atoms with Crippen LogP contribution in [0, 0.1) is 11.6 Å². The molecule has 2 heterocycles. The Balaban J connectivity index is 1.42. The lowest BCUT2D eigenvalue weighted by Gasteiger charge is -2.39. The van der Waals surface area contributed by atoms with Gasteiger partial charge in [0.05, 0.1) is 6.04 Å². The summed E-state index contributed by atoms with van der Waals surface area (Å²) < 4.78 is 32.6. The maximum Gasteiger partial charge on any atom is 0.407 e. The van der Waals surface area contributed by atoms with Crippen LogP contribution in [0.2, 0.25) is 0 Å². The van der Waals surface area contributed by atoms with Crippen molar-refractivity contribution in [3.63, 3.8) is 0 Å². The van der Waals surface area contributed by atoms with Gasteiger partial charge in [0, 0.05) is 36.1 Å². The number of H-pyrrole nitrogens is 1. The summed E-state index contributed by atoms with van der Waals surface area (Å²) in [5, 5.41) is 3.46. The Kier molecular flexibility index (Phi) is 6.10. The normalized spacial score (nSPS) is 14.3. The van der Waals surface area contributed by atoms with Crippen LogP contribution in [0.5, 0.6) is 0 Å². The Hall–Kier alpha value is -3.42. The number of hydrogen-bond donors (Lipinski definition) is 2. The minimum atomic E-state index is -0.579. The molecule has 0 atom stereocenters. The SMILES string of the molecule is CC(C)(C)OC(=O)NC1CN(C(=O)CCc2c(-c3ccc(F)cc3)[nH]c3ccc(F)cc23)C1. The summed E-state index contributed by atoms with van der Waals surface area (Å²) in [4.78, 5) is 29.6. The molecule has 1 aliphatic heterocycles. The number of aromatic amines is 1. The van der Waals surface area contributed by atoms with Crippen LogP contribution >= 0.6 is 0 Å². The van der Waals surface area contributed by atoms with Gasteiger partial charge in [-0.05, 0) is 80.8 Å². The number of halogens is 2.